The number of nitrogens with one attached hydrogen (secondary N) is 4. The van der Waals surface area contributed by atoms with Gasteiger partial charge in [-0.15, -0.1) is 0 Å². The highest BCUT2D eigenvalue weighted by Crippen LogP contribution is 2.39. The van der Waals surface area contributed by atoms with E-state index in [1.165, 1.54) is 57.8 Å². The summed E-state index contributed by atoms with van der Waals surface area (Å²) in [4.78, 5) is 13.7. The van der Waals surface area contributed by atoms with Gasteiger partial charge in [0, 0.05) is 49.6 Å². The van der Waals surface area contributed by atoms with Gasteiger partial charge in [0.15, 0.2) is 0 Å². The number of piperidine rings is 1. The van der Waals surface area contributed by atoms with E-state index in [4.69, 9.17) is 5.73 Å². The predicted octanol–water partition coefficient (Wildman–Crippen LogP) is 2.58. The smallest absolute Gasteiger partial charge is 0.223 e. The summed E-state index contributed by atoms with van der Waals surface area (Å²) in [7, 11) is 0. The zero-order valence-electron chi connectivity index (χ0n) is 22.0. The van der Waals surface area contributed by atoms with Gasteiger partial charge in [-0.05, 0) is 83.6 Å². The molecule has 7 atom stereocenters. The van der Waals surface area contributed by atoms with E-state index in [2.05, 4.69) is 47.2 Å². The van der Waals surface area contributed by atoms with Crippen molar-refractivity contribution in [3.8, 4) is 0 Å². The molecule has 2 saturated carbocycles. The highest BCUT2D eigenvalue weighted by molar-refractivity contribution is 5.79. The van der Waals surface area contributed by atoms with Gasteiger partial charge in [0.05, 0.1) is 6.17 Å². The predicted molar refractivity (Wildman–Crippen MR) is 139 cm³/mol. The van der Waals surface area contributed by atoms with Gasteiger partial charge < -0.3 is 16.4 Å². The van der Waals surface area contributed by atoms with Crippen LogP contribution in [0.2, 0.25) is 0 Å². The monoisotopic (exact) mass is 476 g/mol. The number of amides is 1. The van der Waals surface area contributed by atoms with Crippen LogP contribution in [0.25, 0.3) is 0 Å². The third-order valence-corrected chi connectivity index (χ3v) is 9.39. The third-order valence-electron chi connectivity index (χ3n) is 9.39. The second-order valence-electron chi connectivity index (χ2n) is 12.1. The lowest BCUT2D eigenvalue weighted by Crippen LogP contribution is -2.62. The molecule has 7 heteroatoms. The van der Waals surface area contributed by atoms with Gasteiger partial charge in [0.25, 0.3) is 0 Å². The van der Waals surface area contributed by atoms with Crippen LogP contribution in [0.4, 0.5) is 0 Å². The van der Waals surface area contributed by atoms with Crippen LogP contribution in [0.5, 0.6) is 0 Å². The lowest BCUT2D eigenvalue weighted by molar-refractivity contribution is -0.130. The number of carbonyl (C=O) groups excluding carboxylic acids is 1. The van der Waals surface area contributed by atoms with Crippen molar-refractivity contribution in [1.29, 1.82) is 0 Å². The van der Waals surface area contributed by atoms with Crippen LogP contribution >= 0.6 is 0 Å². The maximum absolute atomic E-state index is 13.7. The topological polar surface area (TPSA) is 94.5 Å². The number of fused-ring (bicyclic) bond motifs is 1. The molecular weight excluding hydrogens is 424 g/mol. The third kappa shape index (κ3) is 6.33. The van der Waals surface area contributed by atoms with E-state index in [9.17, 15) is 4.79 Å². The van der Waals surface area contributed by atoms with Gasteiger partial charge in [-0.1, -0.05) is 25.7 Å². The zero-order chi connectivity index (χ0) is 24.1. The molecule has 7 nitrogen and oxygen atoms in total. The summed E-state index contributed by atoms with van der Waals surface area (Å²) < 4.78 is 0. The van der Waals surface area contributed by atoms with E-state index in [0.29, 0.717) is 48.3 Å². The molecule has 4 aliphatic rings. The van der Waals surface area contributed by atoms with Crippen LogP contribution in [-0.4, -0.2) is 61.4 Å². The number of hydrogen-bond acceptors (Lipinski definition) is 6. The molecule has 2 aliphatic carbocycles. The molecule has 0 aromatic heterocycles. The first-order valence-electron chi connectivity index (χ1n) is 14.5. The lowest BCUT2D eigenvalue weighted by Gasteiger charge is -2.46. The van der Waals surface area contributed by atoms with Gasteiger partial charge >= 0.3 is 0 Å². The Morgan fingerprint density at radius 3 is 2.59 bits per heavy atom. The van der Waals surface area contributed by atoms with Crippen molar-refractivity contribution >= 4 is 5.91 Å². The zero-order valence-corrected chi connectivity index (χ0v) is 22.0. The molecule has 34 heavy (non-hydrogen) atoms. The summed E-state index contributed by atoms with van der Waals surface area (Å²) >= 11 is 0. The summed E-state index contributed by atoms with van der Waals surface area (Å²) in [5, 5.41) is 13.5. The minimum Gasteiger partial charge on any atom is -0.353 e. The molecule has 2 aliphatic heterocycles. The average Bonchev–Trinajstić information content (AvgIpc) is 3.29. The van der Waals surface area contributed by atoms with Crippen molar-refractivity contribution in [3.05, 3.63) is 0 Å². The van der Waals surface area contributed by atoms with Crippen molar-refractivity contribution in [2.24, 2.45) is 35.3 Å². The highest BCUT2D eigenvalue weighted by atomic mass is 16.2. The fourth-order valence-corrected chi connectivity index (χ4v) is 7.44. The standard InChI is InChI=1S/C27H52N6O/c1-18(2)33-26-24(17-30-33)23(27(34)31-19(3)21-9-5-4-6-10-21)15-25(32-26)22-11-7-8-20(14-22)16-29-13-12-28/h18-26,29-30,32H,4-17,28H2,1-3H3,(H,31,34)/t19-,20?,22?,23?,24?,25?,26?/m0/s1. The van der Waals surface area contributed by atoms with Crippen molar-refractivity contribution in [2.75, 3.05) is 26.2 Å². The Morgan fingerprint density at radius 2 is 1.85 bits per heavy atom. The van der Waals surface area contributed by atoms with Crippen LogP contribution in [-0.2, 0) is 4.79 Å². The molecule has 4 rings (SSSR count). The van der Waals surface area contributed by atoms with Gasteiger partial charge in [0.1, 0.15) is 0 Å². The molecule has 196 valence electrons. The van der Waals surface area contributed by atoms with Gasteiger partial charge in [-0.2, -0.15) is 0 Å². The van der Waals surface area contributed by atoms with Crippen LogP contribution in [0.15, 0.2) is 0 Å². The van der Waals surface area contributed by atoms with Crippen LogP contribution in [0.1, 0.15) is 85.0 Å². The molecule has 4 fully saturated rings. The Morgan fingerprint density at radius 1 is 1.06 bits per heavy atom. The van der Waals surface area contributed by atoms with Crippen molar-refractivity contribution in [1.82, 2.24) is 26.4 Å². The fourth-order valence-electron chi connectivity index (χ4n) is 7.44. The second kappa shape index (κ2) is 12.5. The number of carbonyl (C=O) groups is 1. The van der Waals surface area contributed by atoms with Gasteiger partial charge in [-0.3, -0.25) is 15.5 Å². The number of rotatable bonds is 9. The fraction of sp³-hybridized carbons (Fsp3) is 0.963. The Hall–Kier alpha value is -0.730. The Balaban J connectivity index is 1.43. The van der Waals surface area contributed by atoms with E-state index in [-0.39, 0.29) is 12.1 Å². The Labute approximate surface area is 208 Å². The number of nitrogens with two attached hydrogens (primary N) is 1. The van der Waals surface area contributed by atoms with Crippen molar-refractivity contribution in [2.45, 2.75) is 109 Å². The highest BCUT2D eigenvalue weighted by Gasteiger charge is 2.49. The van der Waals surface area contributed by atoms with E-state index in [0.717, 1.165) is 32.0 Å². The van der Waals surface area contributed by atoms with E-state index < -0.39 is 0 Å². The molecular formula is C27H52N6O. The molecule has 6 N–H and O–H groups in total. The van der Waals surface area contributed by atoms with Crippen molar-refractivity contribution in [3.63, 3.8) is 0 Å². The maximum atomic E-state index is 13.7. The minimum atomic E-state index is 0.0919. The molecule has 0 bridgehead atoms. The summed E-state index contributed by atoms with van der Waals surface area (Å²) in [5.74, 6) is 2.77. The molecule has 0 spiro atoms. The van der Waals surface area contributed by atoms with E-state index >= 15 is 0 Å². The van der Waals surface area contributed by atoms with Crippen LogP contribution < -0.4 is 27.1 Å². The summed E-state index contributed by atoms with van der Waals surface area (Å²) in [5.41, 5.74) is 9.31. The molecule has 2 saturated heterocycles. The van der Waals surface area contributed by atoms with Crippen LogP contribution in [0.3, 0.4) is 0 Å². The Kier molecular flexibility index (Phi) is 9.67. The first kappa shape index (κ1) is 26.3. The Bertz CT molecular complexity index is 639. The lowest BCUT2D eigenvalue weighted by atomic mass is 9.71. The van der Waals surface area contributed by atoms with Crippen molar-refractivity contribution < 1.29 is 4.79 Å². The molecule has 2 heterocycles. The quantitative estimate of drug-likeness (QED) is 0.329. The second-order valence-corrected chi connectivity index (χ2v) is 12.1. The normalized spacial score (nSPS) is 36.4. The molecule has 6 unspecified atom stereocenters. The SMILES string of the molecule is CC(C)N1NCC2C(C(=O)N[C@@H](C)C3CCCCC3)CC(C3CCCC(CNCCN)C3)NC21. The van der Waals surface area contributed by atoms with E-state index in [1.54, 1.807) is 0 Å². The molecule has 0 aromatic rings. The number of hydrogen-bond donors (Lipinski definition) is 5. The van der Waals surface area contributed by atoms with Gasteiger partial charge in [0.2, 0.25) is 5.91 Å². The number of hydrazine groups is 1. The molecule has 0 radical (unpaired) electrons. The first-order valence-corrected chi connectivity index (χ1v) is 14.5. The summed E-state index contributed by atoms with van der Waals surface area (Å²) in [6.07, 6.45) is 12.9. The van der Waals surface area contributed by atoms with Crippen LogP contribution in [0, 0.1) is 29.6 Å². The molecule has 1 amide bonds. The van der Waals surface area contributed by atoms with Gasteiger partial charge in [-0.25, -0.2) is 5.01 Å². The molecule has 0 aromatic carbocycles. The minimum absolute atomic E-state index is 0.0919. The maximum Gasteiger partial charge on any atom is 0.223 e. The largest absolute Gasteiger partial charge is 0.353 e. The summed E-state index contributed by atoms with van der Waals surface area (Å²) in [6.45, 7) is 10.3. The van der Waals surface area contributed by atoms with E-state index in [1.807, 2.05) is 0 Å². The first-order chi connectivity index (χ1) is 16.5. The summed E-state index contributed by atoms with van der Waals surface area (Å²) in [6, 6.07) is 1.12. The average molecular weight is 477 g/mol. The number of nitrogens with zero attached hydrogens (tertiary/aromatic N) is 1.